The molecule has 4 aliphatic rings. The highest BCUT2D eigenvalue weighted by atomic mass is 32.2. The summed E-state index contributed by atoms with van der Waals surface area (Å²) < 4.78 is 48.4. The van der Waals surface area contributed by atoms with E-state index in [9.17, 15) is 18.3 Å². The number of nitrogens with one attached hydrogen (secondary N) is 1. The summed E-state index contributed by atoms with van der Waals surface area (Å²) in [5.74, 6) is 0.390. The van der Waals surface area contributed by atoms with Gasteiger partial charge in [-0.15, -0.1) is 0 Å². The number of nitrogens with zero attached hydrogens (tertiary/aromatic N) is 1. The van der Waals surface area contributed by atoms with Crippen molar-refractivity contribution in [2.45, 2.75) is 69.9 Å². The summed E-state index contributed by atoms with van der Waals surface area (Å²) in [5, 5.41) is 10.4. The van der Waals surface area contributed by atoms with Gasteiger partial charge in [-0.05, 0) is 55.8 Å². The summed E-state index contributed by atoms with van der Waals surface area (Å²) >= 11 is 0. The molecule has 1 amide bonds. The minimum atomic E-state index is -4.07. The molecule has 4 rings (SSSR count). The average Bonchev–Trinajstić information content (AvgIpc) is 3.31. The lowest BCUT2D eigenvalue weighted by atomic mass is 9.66. The lowest BCUT2D eigenvalue weighted by Gasteiger charge is -2.47. The van der Waals surface area contributed by atoms with E-state index in [4.69, 9.17) is 4.74 Å². The second-order valence-corrected chi connectivity index (χ2v) is 10.3. The molecule has 8 atom stereocenters. The number of halogens is 1. The topological polar surface area (TPSA) is 95.9 Å². The van der Waals surface area contributed by atoms with Gasteiger partial charge in [0, 0.05) is 0 Å². The number of carbonyl (C=O) groups is 1. The number of ether oxygens (including phenoxy) is 1. The molecule has 2 N–H and O–H groups in total. The lowest BCUT2D eigenvalue weighted by molar-refractivity contribution is -0.120. The normalized spacial score (nSPS) is 46.7. The number of amides is 1. The summed E-state index contributed by atoms with van der Waals surface area (Å²) in [5.41, 5.74) is 0. The third kappa shape index (κ3) is 3.75. The van der Waals surface area contributed by atoms with Crippen molar-refractivity contribution in [1.29, 1.82) is 0 Å². The van der Waals surface area contributed by atoms with E-state index in [0.717, 1.165) is 29.7 Å². The van der Waals surface area contributed by atoms with Gasteiger partial charge in [-0.3, -0.25) is 4.79 Å². The number of carbonyl (C=O) groups excluding carboxylic acids is 1. The predicted octanol–water partition coefficient (Wildman–Crippen LogP) is 0.982. The van der Waals surface area contributed by atoms with Gasteiger partial charge < -0.3 is 9.84 Å². The van der Waals surface area contributed by atoms with Gasteiger partial charge in [0.2, 0.25) is 5.91 Å². The molecule has 3 aliphatic carbocycles. The first-order chi connectivity index (χ1) is 12.8. The van der Waals surface area contributed by atoms with Gasteiger partial charge >= 0.3 is 10.2 Å². The second-order valence-electron chi connectivity index (χ2n) is 8.67. The van der Waals surface area contributed by atoms with Crippen LogP contribution in [0.15, 0.2) is 0 Å². The van der Waals surface area contributed by atoms with Crippen LogP contribution in [0.1, 0.15) is 45.4 Å². The first-order valence-corrected chi connectivity index (χ1v) is 11.5. The molecule has 1 aliphatic heterocycles. The molecule has 0 aromatic heterocycles. The standard InChI is InChI=1S/C18H29FN2O5S/c1-2-10-5-12(10)9-26-13-4-3-11-6-15(22)18(17(19)14(11)7-13)21-8-16(23)20-27(21,24)25/h10-15,17-18,22H,2-9H2,1H3,(H,20,23)/t10-,11?,12+,13?,14?,15?,17?,18?/m0/s1. The molecular weight excluding hydrogens is 375 g/mol. The Hall–Kier alpha value is -0.770. The van der Waals surface area contributed by atoms with E-state index in [-0.39, 0.29) is 17.9 Å². The first-order valence-electron chi connectivity index (χ1n) is 10.1. The van der Waals surface area contributed by atoms with Crippen molar-refractivity contribution in [1.82, 2.24) is 9.03 Å². The molecular formula is C18H29FN2O5S. The highest BCUT2D eigenvalue weighted by molar-refractivity contribution is 7.88. The van der Waals surface area contributed by atoms with E-state index < -0.39 is 41.0 Å². The Bertz CT molecular complexity index is 689. The van der Waals surface area contributed by atoms with Crippen molar-refractivity contribution in [3.05, 3.63) is 0 Å². The largest absolute Gasteiger partial charge is 0.391 e. The van der Waals surface area contributed by atoms with Gasteiger partial charge in [-0.25, -0.2) is 9.11 Å². The third-order valence-electron chi connectivity index (χ3n) is 7.00. The summed E-state index contributed by atoms with van der Waals surface area (Å²) in [6.07, 6.45) is 2.33. The Balaban J connectivity index is 1.42. The number of rotatable bonds is 5. The molecule has 0 aromatic rings. The third-order valence-corrected chi connectivity index (χ3v) is 8.47. The van der Waals surface area contributed by atoms with Crippen molar-refractivity contribution in [2.75, 3.05) is 13.2 Å². The van der Waals surface area contributed by atoms with Crippen LogP contribution in [0.25, 0.3) is 0 Å². The molecule has 6 unspecified atom stereocenters. The Kier molecular flexibility index (Phi) is 5.24. The van der Waals surface area contributed by atoms with Crippen LogP contribution in [0.3, 0.4) is 0 Å². The van der Waals surface area contributed by atoms with Crippen LogP contribution in [0.2, 0.25) is 0 Å². The Labute approximate surface area is 159 Å². The minimum Gasteiger partial charge on any atom is -0.391 e. The zero-order valence-electron chi connectivity index (χ0n) is 15.6. The predicted molar refractivity (Wildman–Crippen MR) is 95.5 cm³/mol. The molecule has 9 heteroatoms. The molecule has 0 radical (unpaired) electrons. The smallest absolute Gasteiger partial charge is 0.304 e. The van der Waals surface area contributed by atoms with Gasteiger partial charge in [-0.2, -0.15) is 12.7 Å². The summed E-state index contributed by atoms with van der Waals surface area (Å²) in [6, 6.07) is -1.21. The van der Waals surface area contributed by atoms with E-state index in [1.54, 1.807) is 0 Å². The van der Waals surface area contributed by atoms with Crippen LogP contribution in [0, 0.1) is 23.7 Å². The second kappa shape index (κ2) is 7.24. The van der Waals surface area contributed by atoms with Crippen molar-refractivity contribution < 1.29 is 27.4 Å². The fraction of sp³-hybridized carbons (Fsp3) is 0.944. The monoisotopic (exact) mass is 404 g/mol. The van der Waals surface area contributed by atoms with E-state index in [0.29, 0.717) is 18.8 Å². The number of aliphatic hydroxyl groups excluding tert-OH is 1. The SMILES string of the molecule is CC[C@H]1C[C@@H]1COC1CCC2CC(O)C(N3CC(=O)NS3(=O)=O)C(F)C2C1. The quantitative estimate of drug-likeness (QED) is 0.712. The van der Waals surface area contributed by atoms with Gasteiger partial charge in [-0.1, -0.05) is 13.3 Å². The average molecular weight is 405 g/mol. The first kappa shape index (κ1) is 19.5. The van der Waals surface area contributed by atoms with Crippen LogP contribution in [-0.4, -0.2) is 61.3 Å². The van der Waals surface area contributed by atoms with E-state index in [1.165, 1.54) is 12.8 Å². The summed E-state index contributed by atoms with van der Waals surface area (Å²) in [7, 11) is -4.07. The van der Waals surface area contributed by atoms with Crippen molar-refractivity contribution >= 4 is 16.1 Å². The highest BCUT2D eigenvalue weighted by Crippen LogP contribution is 2.46. The van der Waals surface area contributed by atoms with Crippen LogP contribution in [0.4, 0.5) is 4.39 Å². The minimum absolute atomic E-state index is 0.00607. The van der Waals surface area contributed by atoms with E-state index in [2.05, 4.69) is 6.92 Å². The molecule has 154 valence electrons. The number of alkyl halides is 1. The van der Waals surface area contributed by atoms with Gasteiger partial charge in [0.25, 0.3) is 0 Å². The Morgan fingerprint density at radius 2 is 2.04 bits per heavy atom. The number of hydrogen-bond donors (Lipinski definition) is 2. The summed E-state index contributed by atoms with van der Waals surface area (Å²) in [4.78, 5) is 11.5. The van der Waals surface area contributed by atoms with Gasteiger partial charge in [0.1, 0.15) is 6.17 Å². The number of hydrogen-bond acceptors (Lipinski definition) is 5. The van der Waals surface area contributed by atoms with Crippen LogP contribution >= 0.6 is 0 Å². The molecule has 3 saturated carbocycles. The molecule has 0 bridgehead atoms. The van der Waals surface area contributed by atoms with Crippen LogP contribution in [-0.2, 0) is 19.7 Å². The van der Waals surface area contributed by atoms with Crippen molar-refractivity contribution in [3.63, 3.8) is 0 Å². The molecule has 27 heavy (non-hydrogen) atoms. The van der Waals surface area contributed by atoms with Crippen LogP contribution < -0.4 is 4.72 Å². The van der Waals surface area contributed by atoms with Crippen molar-refractivity contribution in [3.8, 4) is 0 Å². The lowest BCUT2D eigenvalue weighted by Crippen LogP contribution is -2.59. The molecule has 0 spiro atoms. The zero-order valence-corrected chi connectivity index (χ0v) is 16.4. The maximum Gasteiger partial charge on any atom is 0.304 e. The van der Waals surface area contributed by atoms with E-state index in [1.807, 2.05) is 4.72 Å². The number of aliphatic hydroxyl groups is 1. The van der Waals surface area contributed by atoms with Gasteiger partial charge in [0.15, 0.2) is 0 Å². The highest BCUT2D eigenvalue weighted by Gasteiger charge is 2.54. The fourth-order valence-corrected chi connectivity index (χ4v) is 6.66. The fourth-order valence-electron chi connectivity index (χ4n) is 5.33. The molecule has 7 nitrogen and oxygen atoms in total. The van der Waals surface area contributed by atoms with Gasteiger partial charge in [0.05, 0.1) is 31.4 Å². The molecule has 1 saturated heterocycles. The van der Waals surface area contributed by atoms with Crippen LogP contribution in [0.5, 0.6) is 0 Å². The molecule has 4 fully saturated rings. The van der Waals surface area contributed by atoms with Crippen molar-refractivity contribution in [2.24, 2.45) is 23.7 Å². The Morgan fingerprint density at radius 3 is 2.67 bits per heavy atom. The zero-order chi connectivity index (χ0) is 19.3. The maximum absolute atomic E-state index is 15.4. The summed E-state index contributed by atoms with van der Waals surface area (Å²) in [6.45, 7) is 2.48. The van der Waals surface area contributed by atoms with E-state index >= 15 is 4.39 Å². The molecule has 0 aromatic carbocycles. The maximum atomic E-state index is 15.4. The number of fused-ring (bicyclic) bond motifs is 1. The Morgan fingerprint density at radius 1 is 1.26 bits per heavy atom. The molecule has 1 heterocycles.